The molecule has 3 nitrogen and oxygen atoms in total. The normalized spacial score (nSPS) is 41.1. The summed E-state index contributed by atoms with van der Waals surface area (Å²) in [6.07, 6.45) is 18.7. The third-order valence-electron chi connectivity index (χ3n) is 8.30. The zero-order valence-corrected chi connectivity index (χ0v) is 16.7. The molecule has 0 aromatic heterocycles. The Bertz CT molecular complexity index is 466. The zero-order chi connectivity index (χ0) is 18.0. The van der Waals surface area contributed by atoms with E-state index in [9.17, 15) is 4.79 Å². The van der Waals surface area contributed by atoms with Crippen molar-refractivity contribution in [1.29, 1.82) is 0 Å². The summed E-state index contributed by atoms with van der Waals surface area (Å²) in [6.45, 7) is 0. The number of fused-ring (bicyclic) bond motifs is 1. The predicted molar refractivity (Wildman–Crippen MR) is 103 cm³/mol. The predicted octanol–water partition coefficient (Wildman–Crippen LogP) is 5.65. The van der Waals surface area contributed by atoms with Crippen molar-refractivity contribution < 1.29 is 14.3 Å². The van der Waals surface area contributed by atoms with Crippen LogP contribution < -0.4 is 0 Å². The van der Waals surface area contributed by atoms with Gasteiger partial charge in [0, 0.05) is 19.4 Å². The van der Waals surface area contributed by atoms with Crippen LogP contribution in [0.5, 0.6) is 0 Å². The van der Waals surface area contributed by atoms with Gasteiger partial charge in [-0.2, -0.15) is 0 Å². The van der Waals surface area contributed by atoms with Crippen LogP contribution in [0, 0.1) is 23.7 Å². The van der Waals surface area contributed by atoms with Crippen molar-refractivity contribution in [2.75, 3.05) is 7.11 Å². The third kappa shape index (κ3) is 3.70. The van der Waals surface area contributed by atoms with Crippen molar-refractivity contribution in [3.05, 3.63) is 0 Å². The first-order valence-corrected chi connectivity index (χ1v) is 11.5. The second-order valence-corrected chi connectivity index (χ2v) is 9.70. The highest BCUT2D eigenvalue weighted by Crippen LogP contribution is 2.59. The topological polar surface area (TPSA) is 35.5 Å². The molecule has 0 N–H and O–H groups in total. The number of hydrogen-bond acceptors (Lipinski definition) is 3. The Labute approximate surface area is 159 Å². The molecule has 26 heavy (non-hydrogen) atoms. The van der Waals surface area contributed by atoms with Gasteiger partial charge in [-0.3, -0.25) is 4.79 Å². The van der Waals surface area contributed by atoms with Gasteiger partial charge in [-0.05, 0) is 75.5 Å². The molecule has 4 rings (SSSR count). The van der Waals surface area contributed by atoms with Gasteiger partial charge in [0.05, 0.1) is 6.10 Å². The first-order chi connectivity index (χ1) is 12.7. The van der Waals surface area contributed by atoms with E-state index in [1.165, 1.54) is 64.2 Å². The molecule has 0 amide bonds. The number of ether oxygens (including phenoxy) is 2. The fraction of sp³-hybridized carbons (Fsp3) is 0.957. The molecule has 4 aliphatic carbocycles. The fourth-order valence-electron chi connectivity index (χ4n) is 6.82. The average molecular weight is 363 g/mol. The summed E-state index contributed by atoms with van der Waals surface area (Å²) < 4.78 is 11.9. The van der Waals surface area contributed by atoms with Gasteiger partial charge in [0.1, 0.15) is 5.60 Å². The van der Waals surface area contributed by atoms with Crippen LogP contribution in [0.25, 0.3) is 0 Å². The van der Waals surface area contributed by atoms with E-state index in [0.29, 0.717) is 30.3 Å². The van der Waals surface area contributed by atoms with Crippen LogP contribution in [0.15, 0.2) is 0 Å². The largest absolute Gasteiger partial charge is 0.458 e. The molecule has 0 aromatic carbocycles. The molecule has 3 heteroatoms. The zero-order valence-electron chi connectivity index (χ0n) is 16.7. The Hall–Kier alpha value is -0.570. The van der Waals surface area contributed by atoms with E-state index in [1.54, 1.807) is 0 Å². The molecule has 148 valence electrons. The van der Waals surface area contributed by atoms with Gasteiger partial charge in [0.15, 0.2) is 0 Å². The Morgan fingerprint density at radius 3 is 2.27 bits per heavy atom. The minimum absolute atomic E-state index is 0.0771. The van der Waals surface area contributed by atoms with E-state index in [2.05, 4.69) is 0 Å². The Kier molecular flexibility index (Phi) is 5.93. The number of rotatable bonds is 5. The maximum absolute atomic E-state index is 12.9. The summed E-state index contributed by atoms with van der Waals surface area (Å²) in [4.78, 5) is 12.9. The molecule has 0 radical (unpaired) electrons. The molecular formula is C23H38O3. The number of esters is 1. The average Bonchev–Trinajstić information content (AvgIpc) is 2.67. The Morgan fingerprint density at radius 1 is 0.885 bits per heavy atom. The van der Waals surface area contributed by atoms with Crippen LogP contribution in [0.2, 0.25) is 0 Å². The molecule has 0 bridgehead atoms. The number of methoxy groups -OCH3 is 1. The summed E-state index contributed by atoms with van der Waals surface area (Å²) in [5, 5.41) is 0. The first kappa shape index (κ1) is 18.8. The quantitative estimate of drug-likeness (QED) is 0.592. The lowest BCUT2D eigenvalue weighted by molar-refractivity contribution is -0.227. The molecular weight excluding hydrogens is 324 g/mol. The third-order valence-corrected chi connectivity index (χ3v) is 8.30. The molecule has 0 saturated heterocycles. The molecule has 4 aliphatic rings. The SMILES string of the molecule is COC1CCC(CC(=O)O[C@@]2(C3CCCCC3)C[C@@H]3CCCC[C@H]32)CC1. The number of hydrogen-bond donors (Lipinski definition) is 0. The van der Waals surface area contributed by atoms with Gasteiger partial charge in [0.25, 0.3) is 0 Å². The molecule has 0 heterocycles. The highest BCUT2D eigenvalue weighted by atomic mass is 16.6. The van der Waals surface area contributed by atoms with Crippen LogP contribution in [0.1, 0.15) is 96.3 Å². The van der Waals surface area contributed by atoms with Crippen LogP contribution >= 0.6 is 0 Å². The fourth-order valence-corrected chi connectivity index (χ4v) is 6.82. The van der Waals surface area contributed by atoms with Crippen LogP contribution in [-0.4, -0.2) is 24.8 Å². The Morgan fingerprint density at radius 2 is 1.58 bits per heavy atom. The molecule has 4 saturated carbocycles. The van der Waals surface area contributed by atoms with E-state index in [1.807, 2.05) is 7.11 Å². The summed E-state index contributed by atoms with van der Waals surface area (Å²) in [5.41, 5.74) is -0.0771. The Balaban J connectivity index is 1.38. The van der Waals surface area contributed by atoms with Gasteiger partial charge in [-0.15, -0.1) is 0 Å². The standard InChI is InChI=1S/C23H38O3/c1-25-20-13-11-17(12-14-20)15-22(24)26-23(19-8-3-2-4-9-19)16-18-7-5-6-10-21(18)23/h17-21H,2-16H2,1H3/t17?,18-,20?,21+,23+/m0/s1. The van der Waals surface area contributed by atoms with Crippen molar-refractivity contribution in [2.45, 2.75) is 108 Å². The smallest absolute Gasteiger partial charge is 0.306 e. The van der Waals surface area contributed by atoms with Crippen molar-refractivity contribution in [3.63, 3.8) is 0 Å². The van der Waals surface area contributed by atoms with Gasteiger partial charge >= 0.3 is 5.97 Å². The van der Waals surface area contributed by atoms with Crippen molar-refractivity contribution >= 4 is 5.97 Å². The van der Waals surface area contributed by atoms with Crippen molar-refractivity contribution in [1.82, 2.24) is 0 Å². The van der Waals surface area contributed by atoms with E-state index >= 15 is 0 Å². The molecule has 0 spiro atoms. The highest BCUT2D eigenvalue weighted by molar-refractivity contribution is 5.70. The maximum Gasteiger partial charge on any atom is 0.306 e. The van der Waals surface area contributed by atoms with Gasteiger partial charge < -0.3 is 9.47 Å². The van der Waals surface area contributed by atoms with Gasteiger partial charge in [-0.25, -0.2) is 0 Å². The van der Waals surface area contributed by atoms with Gasteiger partial charge in [-0.1, -0.05) is 32.1 Å². The summed E-state index contributed by atoms with van der Waals surface area (Å²) in [7, 11) is 1.81. The molecule has 0 aromatic rings. The van der Waals surface area contributed by atoms with E-state index < -0.39 is 0 Å². The number of carbonyl (C=O) groups is 1. The lowest BCUT2D eigenvalue weighted by Gasteiger charge is -2.60. The summed E-state index contributed by atoms with van der Waals surface area (Å²) in [6, 6.07) is 0. The highest BCUT2D eigenvalue weighted by Gasteiger charge is 2.60. The first-order valence-electron chi connectivity index (χ1n) is 11.5. The van der Waals surface area contributed by atoms with Crippen LogP contribution in [-0.2, 0) is 14.3 Å². The molecule has 4 fully saturated rings. The number of carbonyl (C=O) groups excluding carboxylic acids is 1. The lowest BCUT2D eigenvalue weighted by Crippen LogP contribution is -2.62. The van der Waals surface area contributed by atoms with E-state index in [-0.39, 0.29) is 11.6 Å². The van der Waals surface area contributed by atoms with Crippen molar-refractivity contribution in [3.8, 4) is 0 Å². The maximum atomic E-state index is 12.9. The van der Waals surface area contributed by atoms with Gasteiger partial charge in [0.2, 0.25) is 0 Å². The van der Waals surface area contributed by atoms with E-state index in [4.69, 9.17) is 9.47 Å². The minimum atomic E-state index is -0.0771. The van der Waals surface area contributed by atoms with E-state index in [0.717, 1.165) is 31.6 Å². The molecule has 0 unspecified atom stereocenters. The van der Waals surface area contributed by atoms with Crippen LogP contribution in [0.4, 0.5) is 0 Å². The second-order valence-electron chi connectivity index (χ2n) is 9.70. The second kappa shape index (κ2) is 8.20. The minimum Gasteiger partial charge on any atom is -0.458 e. The monoisotopic (exact) mass is 362 g/mol. The molecule has 3 atom stereocenters. The summed E-state index contributed by atoms with van der Waals surface area (Å²) in [5.74, 6) is 2.78. The van der Waals surface area contributed by atoms with Crippen molar-refractivity contribution in [2.24, 2.45) is 23.7 Å². The lowest BCUT2D eigenvalue weighted by atomic mass is 9.50. The summed E-state index contributed by atoms with van der Waals surface area (Å²) >= 11 is 0. The van der Waals surface area contributed by atoms with Crippen LogP contribution in [0.3, 0.4) is 0 Å². The molecule has 0 aliphatic heterocycles.